The molecule has 0 aliphatic carbocycles. The fourth-order valence-corrected chi connectivity index (χ4v) is 3.29. The van der Waals surface area contributed by atoms with E-state index in [-0.39, 0.29) is 54.8 Å². The molecule has 43 heavy (non-hydrogen) atoms. The fourth-order valence-electron chi connectivity index (χ4n) is 3.29. The van der Waals surface area contributed by atoms with Crippen molar-refractivity contribution in [3.05, 3.63) is 76.2 Å². The molecular weight excluding hydrogens is 620 g/mol. The monoisotopic (exact) mass is 651 g/mol. The van der Waals surface area contributed by atoms with E-state index in [1.165, 1.54) is 13.8 Å². The van der Waals surface area contributed by atoms with Crippen LogP contribution in [0.3, 0.4) is 0 Å². The zero-order chi connectivity index (χ0) is 32.3. The molecule has 19 heteroatoms. The van der Waals surface area contributed by atoms with Crippen molar-refractivity contribution in [1.29, 1.82) is 0 Å². The van der Waals surface area contributed by atoms with Gasteiger partial charge in [0.05, 0.1) is 11.5 Å². The third kappa shape index (κ3) is 9.57. The number of rotatable bonds is 8. The maximum Gasteiger partial charge on any atom is 2.00 e. The molecule has 0 fully saturated rings. The number of aliphatic hydroxyl groups is 2. The second-order valence-electron chi connectivity index (χ2n) is 8.18. The molecule has 18 nitrogen and oxygen atoms in total. The molecule has 0 amide bonds. The molecule has 2 aromatic heterocycles. The number of aromatic nitrogens is 4. The maximum atomic E-state index is 12.0. The van der Waals surface area contributed by atoms with E-state index >= 15 is 0 Å². The summed E-state index contributed by atoms with van der Waals surface area (Å²) in [6.07, 6.45) is 1.82. The van der Waals surface area contributed by atoms with Gasteiger partial charge in [-0.25, -0.2) is 19.8 Å². The molecule has 4 N–H and O–H groups in total. The van der Waals surface area contributed by atoms with Crippen molar-refractivity contribution in [2.75, 3.05) is 0 Å². The molecule has 2 heterocycles. The van der Waals surface area contributed by atoms with Crippen LogP contribution in [0.1, 0.15) is 41.5 Å². The predicted molar refractivity (Wildman–Crippen MR) is 154 cm³/mol. The summed E-state index contributed by atoms with van der Waals surface area (Å²) in [6, 6.07) is 0. The van der Waals surface area contributed by atoms with Crippen molar-refractivity contribution in [1.82, 2.24) is 18.3 Å². The quantitative estimate of drug-likeness (QED) is 0.108. The van der Waals surface area contributed by atoms with Crippen molar-refractivity contribution < 1.29 is 37.5 Å². The van der Waals surface area contributed by atoms with Crippen LogP contribution in [0, 0.1) is 0 Å². The Morgan fingerprint density at radius 1 is 0.651 bits per heavy atom. The molecular formula is C24H32CuN10O8. The first kappa shape index (κ1) is 38.1. The van der Waals surface area contributed by atoms with Gasteiger partial charge >= 0.3 is 28.4 Å². The third-order valence-electron chi connectivity index (χ3n) is 5.20. The molecule has 237 valence electrons. The number of allylic oxidation sites excluding steroid dienone is 2. The van der Waals surface area contributed by atoms with Gasteiger partial charge in [0, 0.05) is 26.2 Å². The van der Waals surface area contributed by atoms with Gasteiger partial charge in [-0.3, -0.25) is 27.9 Å². The Kier molecular flexibility index (Phi) is 15.2. The van der Waals surface area contributed by atoms with Crippen molar-refractivity contribution in [2.24, 2.45) is 20.5 Å². The number of hydrogen-bond acceptors (Lipinski definition) is 10. The molecule has 0 aromatic carbocycles. The molecule has 0 aliphatic rings. The number of aliphatic hydroxyl groups excluding tert-OH is 2. The summed E-state index contributed by atoms with van der Waals surface area (Å²) in [5.41, 5.74) is -3.86. The minimum absolute atomic E-state index is 0. The molecule has 0 spiro atoms. The molecule has 2 aromatic rings. The van der Waals surface area contributed by atoms with Crippen LogP contribution in [-0.2, 0) is 43.2 Å². The molecule has 0 atom stereocenters. The van der Waals surface area contributed by atoms with Crippen LogP contribution in [0.5, 0.6) is 11.8 Å². The normalized spacial score (nSPS) is 11.8. The van der Waals surface area contributed by atoms with Gasteiger partial charge in [-0.2, -0.15) is 0 Å². The summed E-state index contributed by atoms with van der Waals surface area (Å²) in [5, 5.41) is 69.9. The summed E-state index contributed by atoms with van der Waals surface area (Å²) in [4.78, 5) is 47.9. The van der Waals surface area contributed by atoms with Gasteiger partial charge in [0.25, 0.3) is 11.1 Å². The molecule has 1 radical (unpaired) electrons. The summed E-state index contributed by atoms with van der Waals surface area (Å²) in [6.45, 7) is 9.54. The first-order chi connectivity index (χ1) is 19.7. The molecule has 0 unspecified atom stereocenters. The van der Waals surface area contributed by atoms with Crippen LogP contribution in [0.4, 0.5) is 11.4 Å². The number of nitrogens with zero attached hydrogens (tertiary/aromatic N) is 10. The van der Waals surface area contributed by atoms with Crippen LogP contribution in [0.2, 0.25) is 0 Å². The first-order valence-corrected chi connectivity index (χ1v) is 12.5. The summed E-state index contributed by atoms with van der Waals surface area (Å²) < 4.78 is 3.70. The maximum absolute atomic E-state index is 12.0. The van der Waals surface area contributed by atoms with E-state index in [1.54, 1.807) is 27.7 Å². The van der Waals surface area contributed by atoms with E-state index in [2.05, 4.69) is 20.5 Å². The number of azo groups is 2. The molecule has 2 rings (SSSR count). The van der Waals surface area contributed by atoms with E-state index < -0.39 is 57.3 Å². The Morgan fingerprint density at radius 3 is 1.16 bits per heavy atom. The number of aromatic hydroxyl groups is 2. The third-order valence-corrected chi connectivity index (χ3v) is 5.20. The van der Waals surface area contributed by atoms with Gasteiger partial charge in [0.2, 0.25) is 11.8 Å². The van der Waals surface area contributed by atoms with Gasteiger partial charge in [-0.15, -0.1) is 0 Å². The van der Waals surface area contributed by atoms with E-state index in [0.717, 1.165) is 30.4 Å². The smallest absolute Gasteiger partial charge is 0.513 e. The van der Waals surface area contributed by atoms with Crippen molar-refractivity contribution in [3.8, 4) is 11.8 Å². The van der Waals surface area contributed by atoms with E-state index in [1.807, 2.05) is 0 Å². The second-order valence-corrected chi connectivity index (χ2v) is 8.18. The molecule has 0 saturated carbocycles. The Hall–Kier alpha value is -4.90. The van der Waals surface area contributed by atoms with Gasteiger partial charge in [-0.05, 0) is 65.4 Å². The van der Waals surface area contributed by atoms with Crippen LogP contribution in [0.15, 0.2) is 63.3 Å². The minimum Gasteiger partial charge on any atom is -0.513 e. The van der Waals surface area contributed by atoms with Crippen molar-refractivity contribution in [3.63, 3.8) is 0 Å². The Morgan fingerprint density at radius 2 is 0.930 bits per heavy atom. The Labute approximate surface area is 254 Å². The predicted octanol–water partition coefficient (Wildman–Crippen LogP) is 2.54. The van der Waals surface area contributed by atoms with Gasteiger partial charge in [0.1, 0.15) is 0 Å². The SMILES string of the molecule is CCn1c(O)c(N=NC(=[N-])/C=C(/C)O)c(=O)n(CC)c1=O.CCn1c(O)c(N=NC(=[N-])/C=C(/C)O)c(=O)n(CC)c1=O.[Cu+2]. The summed E-state index contributed by atoms with van der Waals surface area (Å²) in [7, 11) is 0. The Balaban J connectivity index is 0.000000802. The van der Waals surface area contributed by atoms with Crippen LogP contribution in [0.25, 0.3) is 10.8 Å². The average molecular weight is 652 g/mol. The van der Waals surface area contributed by atoms with Gasteiger partial charge in [0.15, 0.2) is 11.4 Å². The number of hydrogen-bond donors (Lipinski definition) is 4. The van der Waals surface area contributed by atoms with E-state index in [0.29, 0.717) is 0 Å². The van der Waals surface area contributed by atoms with E-state index in [9.17, 15) is 40.2 Å². The zero-order valence-corrected chi connectivity index (χ0v) is 25.1. The van der Waals surface area contributed by atoms with Gasteiger partial charge in [-0.1, -0.05) is 0 Å². The molecule has 0 bridgehead atoms. The molecule has 0 saturated heterocycles. The largest absolute Gasteiger partial charge is 2.00 e. The number of amidine groups is 2. The minimum atomic E-state index is -0.814. The standard InChI is InChI=1S/2C12H16N5O4.Cu/c2*1-4-16-10(19)9(11(20)17(5-2)12(16)21)15-14-8(13)6-7(3)18;/h2*6,18-19H,4-5H2,1-3H3;/q2*-1;+2/b2*7-6-,15-14?;. The summed E-state index contributed by atoms with van der Waals surface area (Å²) in [5.74, 6) is -2.96. The van der Waals surface area contributed by atoms with Gasteiger partial charge < -0.3 is 41.5 Å². The second kappa shape index (κ2) is 17.1. The van der Waals surface area contributed by atoms with Crippen LogP contribution in [-0.4, -0.2) is 50.4 Å². The fraction of sp³-hybridized carbons (Fsp3) is 0.417. The molecule has 0 aliphatic heterocycles. The first-order valence-electron chi connectivity index (χ1n) is 12.5. The van der Waals surface area contributed by atoms with Crippen molar-refractivity contribution >= 4 is 23.0 Å². The average Bonchev–Trinajstić information content (AvgIpc) is 2.89. The zero-order valence-electron chi connectivity index (χ0n) is 24.2. The Bertz CT molecular complexity index is 1580. The van der Waals surface area contributed by atoms with Crippen LogP contribution >= 0.6 is 0 Å². The topological polar surface area (TPSA) is 263 Å². The van der Waals surface area contributed by atoms with Crippen LogP contribution < -0.4 is 22.5 Å². The van der Waals surface area contributed by atoms with E-state index in [4.69, 9.17) is 10.2 Å². The summed E-state index contributed by atoms with van der Waals surface area (Å²) >= 11 is 0. The van der Waals surface area contributed by atoms with Crippen molar-refractivity contribution in [2.45, 2.75) is 67.7 Å².